The minimum absolute atomic E-state index is 0.0384. The van der Waals surface area contributed by atoms with Gasteiger partial charge in [-0.3, -0.25) is 29.1 Å². The van der Waals surface area contributed by atoms with Crippen LogP contribution in [0.15, 0.2) is 29.1 Å². The molecule has 0 fully saturated rings. The van der Waals surface area contributed by atoms with E-state index in [1.165, 1.54) is 0 Å². The van der Waals surface area contributed by atoms with Gasteiger partial charge in [0.25, 0.3) is 23.3 Å². The first-order chi connectivity index (χ1) is 12.5. The van der Waals surface area contributed by atoms with Crippen molar-refractivity contribution in [1.29, 1.82) is 0 Å². The van der Waals surface area contributed by atoms with Gasteiger partial charge in [0.1, 0.15) is 5.82 Å². The van der Waals surface area contributed by atoms with Gasteiger partial charge in [0.05, 0.1) is 16.8 Å². The number of nitrogens with zero attached hydrogens (tertiary/aromatic N) is 1. The Bertz CT molecular complexity index is 1060. The molecular weight excluding hydrogens is 348 g/mol. The molecule has 4 N–H and O–H groups in total. The van der Waals surface area contributed by atoms with Gasteiger partial charge in [0.15, 0.2) is 0 Å². The van der Waals surface area contributed by atoms with Crippen LogP contribution in [-0.2, 0) is 0 Å². The van der Waals surface area contributed by atoms with Gasteiger partial charge in [-0.2, -0.15) is 0 Å². The molecule has 0 saturated carbocycles. The molecule has 0 saturated heterocycles. The van der Waals surface area contributed by atoms with Gasteiger partial charge < -0.3 is 11.1 Å². The van der Waals surface area contributed by atoms with Crippen LogP contribution in [0.4, 0.5) is 5.82 Å². The third-order valence-corrected chi connectivity index (χ3v) is 4.23. The van der Waals surface area contributed by atoms with Crippen molar-refractivity contribution in [1.82, 2.24) is 15.2 Å². The smallest absolute Gasteiger partial charge is 0.262 e. The second kappa shape index (κ2) is 6.08. The van der Waals surface area contributed by atoms with E-state index in [-0.39, 0.29) is 22.9 Å². The molecule has 1 aliphatic heterocycles. The van der Waals surface area contributed by atoms with Gasteiger partial charge in [0.2, 0.25) is 0 Å². The van der Waals surface area contributed by atoms with E-state index in [4.69, 9.17) is 5.73 Å². The summed E-state index contributed by atoms with van der Waals surface area (Å²) in [6.45, 7) is 7.28. The van der Waals surface area contributed by atoms with Crippen molar-refractivity contribution in [2.75, 3.05) is 5.73 Å². The molecule has 27 heavy (non-hydrogen) atoms. The Morgan fingerprint density at radius 1 is 1.15 bits per heavy atom. The number of rotatable bonds is 2. The molecule has 1 aliphatic rings. The van der Waals surface area contributed by atoms with Crippen LogP contribution in [0, 0.1) is 6.92 Å². The number of hydrogen-bond donors (Lipinski definition) is 3. The number of fused-ring (bicyclic) bond motifs is 1. The van der Waals surface area contributed by atoms with Crippen LogP contribution in [-0.4, -0.2) is 27.8 Å². The lowest BCUT2D eigenvalue weighted by atomic mass is 10.0. The maximum Gasteiger partial charge on any atom is 0.262 e. The Morgan fingerprint density at radius 2 is 1.81 bits per heavy atom. The minimum atomic E-state index is -0.652. The highest BCUT2D eigenvalue weighted by atomic mass is 16.2. The quantitative estimate of drug-likeness (QED) is 0.686. The van der Waals surface area contributed by atoms with Gasteiger partial charge in [-0.05, 0) is 45.4 Å². The fourth-order valence-corrected chi connectivity index (χ4v) is 3.05. The first-order valence-corrected chi connectivity index (χ1v) is 8.35. The first kappa shape index (κ1) is 18.4. The zero-order chi connectivity index (χ0) is 20.1. The first-order valence-electron chi connectivity index (χ1n) is 8.35. The van der Waals surface area contributed by atoms with E-state index in [9.17, 15) is 19.2 Å². The van der Waals surface area contributed by atoms with Crippen LogP contribution < -0.4 is 21.9 Å². The molecule has 0 aliphatic carbocycles. The summed E-state index contributed by atoms with van der Waals surface area (Å²) in [5.41, 5.74) is 6.27. The largest absolute Gasteiger partial charge is 0.384 e. The van der Waals surface area contributed by atoms with E-state index >= 15 is 0 Å². The molecule has 0 atom stereocenters. The number of pyridine rings is 1. The molecule has 1 aromatic carbocycles. The molecule has 3 amide bonds. The molecular formula is C19H20N4O4. The van der Waals surface area contributed by atoms with E-state index in [1.807, 2.05) is 20.8 Å². The highest BCUT2D eigenvalue weighted by Gasteiger charge is 2.32. The average molecular weight is 368 g/mol. The monoisotopic (exact) mass is 368 g/mol. The van der Waals surface area contributed by atoms with Crippen LogP contribution in [0.1, 0.15) is 57.4 Å². The van der Waals surface area contributed by atoms with Gasteiger partial charge >= 0.3 is 0 Å². The zero-order valence-corrected chi connectivity index (χ0v) is 15.5. The molecule has 1 aromatic heterocycles. The van der Waals surface area contributed by atoms with Gasteiger partial charge in [-0.25, -0.2) is 0 Å². The Balaban J connectivity index is 2.20. The summed E-state index contributed by atoms with van der Waals surface area (Å²) < 4.78 is 1.14. The van der Waals surface area contributed by atoms with Crippen LogP contribution in [0.25, 0.3) is 5.69 Å². The number of nitrogen functional groups attached to an aromatic ring is 1. The summed E-state index contributed by atoms with van der Waals surface area (Å²) in [5.74, 6) is -1.73. The van der Waals surface area contributed by atoms with Crippen molar-refractivity contribution >= 4 is 23.5 Å². The van der Waals surface area contributed by atoms with E-state index in [1.54, 1.807) is 25.1 Å². The van der Waals surface area contributed by atoms with Crippen LogP contribution in [0.2, 0.25) is 0 Å². The number of imide groups is 1. The number of nitrogens with one attached hydrogen (secondary N) is 2. The lowest BCUT2D eigenvalue weighted by Gasteiger charge is -2.22. The Kier molecular flexibility index (Phi) is 4.14. The number of nitrogens with two attached hydrogens (primary N) is 1. The van der Waals surface area contributed by atoms with Crippen LogP contribution >= 0.6 is 0 Å². The van der Waals surface area contributed by atoms with Crippen molar-refractivity contribution < 1.29 is 14.4 Å². The molecule has 140 valence electrons. The van der Waals surface area contributed by atoms with E-state index in [0.29, 0.717) is 16.8 Å². The number of anilines is 1. The van der Waals surface area contributed by atoms with Crippen molar-refractivity contribution in [2.24, 2.45) is 0 Å². The molecule has 0 radical (unpaired) electrons. The summed E-state index contributed by atoms with van der Waals surface area (Å²) in [6, 6.07) is 5.98. The topological polar surface area (TPSA) is 123 Å². The Morgan fingerprint density at radius 3 is 2.44 bits per heavy atom. The number of carbonyl (C=O) groups is 3. The van der Waals surface area contributed by atoms with Crippen LogP contribution in [0.5, 0.6) is 0 Å². The van der Waals surface area contributed by atoms with Crippen molar-refractivity contribution in [3.63, 3.8) is 0 Å². The minimum Gasteiger partial charge on any atom is -0.384 e. The SMILES string of the molecule is Cc1c(C(=O)NC(C)(C)C)cccc1-n1c(N)c2c(cc1=O)C(=O)NC2=O. The Labute approximate surface area is 155 Å². The fraction of sp³-hybridized carbons (Fsp3) is 0.263. The van der Waals surface area contributed by atoms with Gasteiger partial charge in [-0.15, -0.1) is 0 Å². The normalized spacial score (nSPS) is 13.3. The van der Waals surface area contributed by atoms with Crippen LogP contribution in [0.3, 0.4) is 0 Å². The standard InChI is InChI=1S/C19H20N4O4/c1-9-10(17(26)22-19(2,3)4)6-5-7-12(9)23-13(24)8-11-14(15(23)20)18(27)21-16(11)25/h5-8H,20H2,1-4H3,(H,22,26)(H,21,25,27). The number of amides is 3. The van der Waals surface area contributed by atoms with Crippen molar-refractivity contribution in [3.8, 4) is 5.69 Å². The number of aromatic nitrogens is 1. The van der Waals surface area contributed by atoms with E-state index in [0.717, 1.165) is 10.6 Å². The average Bonchev–Trinajstić information content (AvgIpc) is 2.81. The third-order valence-electron chi connectivity index (χ3n) is 4.23. The fourth-order valence-electron chi connectivity index (χ4n) is 3.05. The summed E-state index contributed by atoms with van der Waals surface area (Å²) in [7, 11) is 0. The second-order valence-electron chi connectivity index (χ2n) is 7.43. The highest BCUT2D eigenvalue weighted by molar-refractivity contribution is 6.23. The molecule has 0 bridgehead atoms. The maximum absolute atomic E-state index is 12.6. The predicted molar refractivity (Wildman–Crippen MR) is 100 cm³/mol. The summed E-state index contributed by atoms with van der Waals surface area (Å²) in [6.07, 6.45) is 0. The highest BCUT2D eigenvalue weighted by Crippen LogP contribution is 2.25. The molecule has 0 unspecified atom stereocenters. The van der Waals surface area contributed by atoms with E-state index in [2.05, 4.69) is 10.6 Å². The molecule has 2 aromatic rings. The molecule has 2 heterocycles. The number of benzene rings is 1. The third kappa shape index (κ3) is 3.10. The molecule has 8 heteroatoms. The lowest BCUT2D eigenvalue weighted by molar-refractivity contribution is 0.0876. The molecule has 3 rings (SSSR count). The summed E-state index contributed by atoms with van der Waals surface area (Å²) >= 11 is 0. The Hall–Kier alpha value is -3.42. The summed E-state index contributed by atoms with van der Waals surface area (Å²) in [5, 5.41) is 5.00. The molecule has 8 nitrogen and oxygen atoms in total. The number of carbonyl (C=O) groups excluding carboxylic acids is 3. The second-order valence-corrected chi connectivity index (χ2v) is 7.43. The van der Waals surface area contributed by atoms with Gasteiger partial charge in [-0.1, -0.05) is 6.07 Å². The number of hydrogen-bond acceptors (Lipinski definition) is 5. The zero-order valence-electron chi connectivity index (χ0n) is 15.5. The lowest BCUT2D eigenvalue weighted by Crippen LogP contribution is -2.41. The summed E-state index contributed by atoms with van der Waals surface area (Å²) in [4.78, 5) is 49.0. The van der Waals surface area contributed by atoms with Crippen molar-refractivity contribution in [3.05, 3.63) is 56.9 Å². The maximum atomic E-state index is 12.6. The molecule has 0 spiro atoms. The van der Waals surface area contributed by atoms with Gasteiger partial charge in [0, 0.05) is 17.2 Å². The van der Waals surface area contributed by atoms with Crippen molar-refractivity contribution in [2.45, 2.75) is 33.2 Å². The predicted octanol–water partition coefficient (Wildman–Crippen LogP) is 1.14. The van der Waals surface area contributed by atoms with E-state index < -0.39 is 22.9 Å².